The number of aromatic nitrogens is 5. The highest BCUT2D eigenvalue weighted by molar-refractivity contribution is 6.04. The molecule has 31 heavy (non-hydrogen) atoms. The average molecular weight is 440 g/mol. The van der Waals surface area contributed by atoms with Gasteiger partial charge in [0.15, 0.2) is 17.3 Å². The SMILES string of the molecule is Cn1cc(NC(=O)c2ccc3c(N)nc(C4CCC(F)(F)CC4N)nn23)c(C(F)F)n1. The van der Waals surface area contributed by atoms with Crippen LogP contribution in [0.4, 0.5) is 29.1 Å². The van der Waals surface area contributed by atoms with Crippen LogP contribution in [0, 0.1) is 0 Å². The molecule has 3 aromatic heterocycles. The first-order valence-corrected chi connectivity index (χ1v) is 9.47. The molecule has 9 nitrogen and oxygen atoms in total. The van der Waals surface area contributed by atoms with Crippen LogP contribution in [-0.4, -0.2) is 42.3 Å². The van der Waals surface area contributed by atoms with E-state index in [-0.39, 0.29) is 35.9 Å². The predicted molar refractivity (Wildman–Crippen MR) is 103 cm³/mol. The summed E-state index contributed by atoms with van der Waals surface area (Å²) in [5.74, 6) is -3.95. The molecule has 1 amide bonds. The van der Waals surface area contributed by atoms with Gasteiger partial charge in [0.1, 0.15) is 11.2 Å². The average Bonchev–Trinajstić information content (AvgIpc) is 3.24. The topological polar surface area (TPSA) is 129 Å². The largest absolute Gasteiger partial charge is 0.382 e. The third-order valence-corrected chi connectivity index (χ3v) is 5.30. The number of rotatable bonds is 4. The second-order valence-corrected chi connectivity index (χ2v) is 7.60. The van der Waals surface area contributed by atoms with Gasteiger partial charge in [0, 0.05) is 38.0 Å². The molecule has 4 rings (SSSR count). The smallest absolute Gasteiger partial charge is 0.284 e. The molecular weight excluding hydrogens is 420 g/mol. The van der Waals surface area contributed by atoms with Crippen molar-refractivity contribution in [2.75, 3.05) is 11.1 Å². The lowest BCUT2D eigenvalue weighted by atomic mass is 9.82. The zero-order chi connectivity index (χ0) is 22.5. The van der Waals surface area contributed by atoms with Crippen LogP contribution in [0.15, 0.2) is 18.3 Å². The number of amides is 1. The number of carbonyl (C=O) groups is 1. The van der Waals surface area contributed by atoms with Crippen molar-refractivity contribution >= 4 is 22.9 Å². The van der Waals surface area contributed by atoms with E-state index in [0.29, 0.717) is 5.52 Å². The number of halogens is 4. The molecule has 1 aliphatic rings. The van der Waals surface area contributed by atoms with Crippen molar-refractivity contribution in [3.05, 3.63) is 35.5 Å². The van der Waals surface area contributed by atoms with E-state index in [1.54, 1.807) is 0 Å². The van der Waals surface area contributed by atoms with Crippen LogP contribution in [0.3, 0.4) is 0 Å². The van der Waals surface area contributed by atoms with Crippen molar-refractivity contribution in [1.82, 2.24) is 24.4 Å². The number of fused-ring (bicyclic) bond motifs is 1. The van der Waals surface area contributed by atoms with Crippen molar-refractivity contribution < 1.29 is 22.4 Å². The van der Waals surface area contributed by atoms with Crippen molar-refractivity contribution in [1.29, 1.82) is 0 Å². The molecular formula is C18H20F4N8O. The summed E-state index contributed by atoms with van der Waals surface area (Å²) < 4.78 is 55.9. The van der Waals surface area contributed by atoms with Gasteiger partial charge in [-0.15, -0.1) is 0 Å². The van der Waals surface area contributed by atoms with Gasteiger partial charge in [-0.05, 0) is 18.6 Å². The van der Waals surface area contributed by atoms with Gasteiger partial charge in [-0.25, -0.2) is 27.1 Å². The van der Waals surface area contributed by atoms with Crippen molar-refractivity contribution in [2.24, 2.45) is 12.8 Å². The maximum absolute atomic E-state index is 13.6. The Morgan fingerprint density at radius 2 is 2.06 bits per heavy atom. The van der Waals surface area contributed by atoms with Gasteiger partial charge in [-0.2, -0.15) is 10.2 Å². The number of hydrogen-bond donors (Lipinski definition) is 3. The van der Waals surface area contributed by atoms with Crippen LogP contribution in [0.1, 0.15) is 53.6 Å². The Hall–Kier alpha value is -3.22. The molecule has 166 valence electrons. The van der Waals surface area contributed by atoms with Crippen molar-refractivity contribution in [3.63, 3.8) is 0 Å². The number of anilines is 2. The minimum absolute atomic E-state index is 0.00382. The van der Waals surface area contributed by atoms with Crippen LogP contribution in [-0.2, 0) is 7.05 Å². The summed E-state index contributed by atoms with van der Waals surface area (Å²) in [5.41, 5.74) is 11.5. The molecule has 1 aliphatic carbocycles. The Labute approximate surface area is 173 Å². The monoisotopic (exact) mass is 440 g/mol. The van der Waals surface area contributed by atoms with Gasteiger partial charge in [0.25, 0.3) is 12.3 Å². The number of hydrogen-bond acceptors (Lipinski definition) is 6. The maximum Gasteiger partial charge on any atom is 0.284 e. The molecule has 0 spiro atoms. The summed E-state index contributed by atoms with van der Waals surface area (Å²) in [6.07, 6.45) is -2.42. The van der Waals surface area contributed by atoms with Crippen LogP contribution >= 0.6 is 0 Å². The lowest BCUT2D eigenvalue weighted by molar-refractivity contribution is -0.0453. The first kappa shape index (κ1) is 21.0. The third kappa shape index (κ3) is 3.92. The zero-order valence-corrected chi connectivity index (χ0v) is 16.4. The molecule has 0 saturated heterocycles. The van der Waals surface area contributed by atoms with Gasteiger partial charge < -0.3 is 16.8 Å². The van der Waals surface area contributed by atoms with Crippen molar-refractivity contribution in [3.8, 4) is 0 Å². The quantitative estimate of drug-likeness (QED) is 0.535. The summed E-state index contributed by atoms with van der Waals surface area (Å²) in [7, 11) is 1.45. The fourth-order valence-corrected chi connectivity index (χ4v) is 3.80. The van der Waals surface area contributed by atoms with Gasteiger partial charge >= 0.3 is 0 Å². The molecule has 13 heteroatoms. The molecule has 5 N–H and O–H groups in total. The van der Waals surface area contributed by atoms with Gasteiger partial charge in [-0.3, -0.25) is 9.48 Å². The Bertz CT molecular complexity index is 1140. The summed E-state index contributed by atoms with van der Waals surface area (Å²) in [6.45, 7) is 0. The predicted octanol–water partition coefficient (Wildman–Crippen LogP) is 2.46. The summed E-state index contributed by atoms with van der Waals surface area (Å²) >= 11 is 0. The normalized spacial score (nSPS) is 21.0. The molecule has 2 unspecified atom stereocenters. The minimum atomic E-state index is -2.88. The molecule has 1 saturated carbocycles. The van der Waals surface area contributed by atoms with E-state index in [4.69, 9.17) is 11.5 Å². The number of nitrogens with two attached hydrogens (primary N) is 2. The molecule has 2 atom stereocenters. The number of carbonyl (C=O) groups excluding carboxylic acids is 1. The standard InChI is InChI=1S/C18H20F4N8O/c1-29-7-10(13(27-29)14(19)20)25-17(31)12-3-2-11-15(24)26-16(28-30(11)12)8-4-5-18(21,22)6-9(8)23/h2-3,7-9,14H,4-6,23H2,1H3,(H,25,31)(H2,24,26,28). The first-order chi connectivity index (χ1) is 14.6. The summed E-state index contributed by atoms with van der Waals surface area (Å²) in [4.78, 5) is 17.0. The Balaban J connectivity index is 1.68. The third-order valence-electron chi connectivity index (χ3n) is 5.30. The van der Waals surface area contributed by atoms with Crippen LogP contribution in [0.5, 0.6) is 0 Å². The van der Waals surface area contributed by atoms with E-state index < -0.39 is 42.3 Å². The molecule has 1 fully saturated rings. The lowest BCUT2D eigenvalue weighted by Gasteiger charge is -2.32. The zero-order valence-electron chi connectivity index (χ0n) is 16.4. The number of nitrogens with zero attached hydrogens (tertiary/aromatic N) is 5. The number of nitrogens with one attached hydrogen (secondary N) is 1. The van der Waals surface area contributed by atoms with Crippen LogP contribution < -0.4 is 16.8 Å². The van der Waals surface area contributed by atoms with E-state index >= 15 is 0 Å². The van der Waals surface area contributed by atoms with E-state index in [0.717, 1.165) is 4.68 Å². The molecule has 0 aromatic carbocycles. The number of alkyl halides is 4. The summed E-state index contributed by atoms with van der Waals surface area (Å²) in [6, 6.07) is 2.03. The minimum Gasteiger partial charge on any atom is -0.382 e. The molecule has 0 radical (unpaired) electrons. The van der Waals surface area contributed by atoms with Crippen LogP contribution in [0.25, 0.3) is 5.52 Å². The Kier molecular flexibility index (Phi) is 5.07. The van der Waals surface area contributed by atoms with Gasteiger partial charge in [-0.1, -0.05) is 0 Å². The Morgan fingerprint density at radius 1 is 1.32 bits per heavy atom. The maximum atomic E-state index is 13.6. The fraction of sp³-hybridized carbons (Fsp3) is 0.444. The lowest BCUT2D eigenvalue weighted by Crippen LogP contribution is -2.41. The van der Waals surface area contributed by atoms with E-state index in [2.05, 4.69) is 20.5 Å². The van der Waals surface area contributed by atoms with Crippen molar-refractivity contribution in [2.45, 2.75) is 43.6 Å². The van der Waals surface area contributed by atoms with Crippen LogP contribution in [0.2, 0.25) is 0 Å². The highest BCUT2D eigenvalue weighted by Gasteiger charge is 2.41. The van der Waals surface area contributed by atoms with E-state index in [1.165, 1.54) is 29.9 Å². The first-order valence-electron chi connectivity index (χ1n) is 9.47. The molecule has 3 aromatic rings. The second-order valence-electron chi connectivity index (χ2n) is 7.60. The number of nitrogen functional groups attached to an aromatic ring is 1. The number of aryl methyl sites for hydroxylation is 1. The molecule has 3 heterocycles. The second kappa shape index (κ2) is 7.48. The highest BCUT2D eigenvalue weighted by atomic mass is 19.3. The molecule has 0 aliphatic heterocycles. The Morgan fingerprint density at radius 3 is 2.74 bits per heavy atom. The van der Waals surface area contributed by atoms with E-state index in [9.17, 15) is 22.4 Å². The summed E-state index contributed by atoms with van der Waals surface area (Å²) in [5, 5.41) is 10.4. The highest BCUT2D eigenvalue weighted by Crippen LogP contribution is 2.39. The van der Waals surface area contributed by atoms with E-state index in [1.807, 2.05) is 0 Å². The van der Waals surface area contributed by atoms with Gasteiger partial charge in [0.2, 0.25) is 5.92 Å². The van der Waals surface area contributed by atoms with Gasteiger partial charge in [0.05, 0.1) is 5.69 Å². The fourth-order valence-electron chi connectivity index (χ4n) is 3.80. The molecule has 0 bridgehead atoms.